The lowest BCUT2D eigenvalue weighted by molar-refractivity contribution is 0.104. The van der Waals surface area contributed by atoms with Crippen molar-refractivity contribution in [3.8, 4) is 45.7 Å². The predicted octanol–water partition coefficient (Wildman–Crippen LogP) is 4.77. The maximum atomic E-state index is 13.0. The number of allylic oxidation sites excluding steroid dienone is 1. The molecular weight excluding hydrogens is 488 g/mol. The van der Waals surface area contributed by atoms with E-state index in [2.05, 4.69) is 4.98 Å². The molecule has 0 aliphatic carbocycles. The first-order valence-electron chi connectivity index (χ1n) is 11.6. The number of H-pyrrole nitrogens is 1. The first-order valence-corrected chi connectivity index (χ1v) is 11.6. The Kier molecular flexibility index (Phi) is 7.86. The third-order valence-electron chi connectivity index (χ3n) is 5.96. The van der Waals surface area contributed by atoms with E-state index in [4.69, 9.17) is 23.7 Å². The molecule has 0 unspecified atom stereocenters. The van der Waals surface area contributed by atoms with Crippen molar-refractivity contribution in [2.45, 2.75) is 0 Å². The van der Waals surface area contributed by atoms with E-state index >= 15 is 0 Å². The molecule has 0 saturated heterocycles. The minimum Gasteiger partial charge on any atom is -0.493 e. The number of nitrogens with zero attached hydrogens (tertiary/aromatic N) is 1. The van der Waals surface area contributed by atoms with Gasteiger partial charge in [0.1, 0.15) is 0 Å². The quantitative estimate of drug-likeness (QED) is 0.239. The molecule has 4 rings (SSSR count). The second-order valence-corrected chi connectivity index (χ2v) is 8.09. The standard InChI is InChI=1S/C29H28N2O7/c1-34-24-12-10-18(13-25(24)35-2)9-11-23(32)19-7-6-8-21(14-19)31-22(17-30-29(31)33)20-15-26(36-3)28(38-5)27(16-20)37-4/h6-17H,1-5H3,(H,30,33). The van der Waals surface area contributed by atoms with Crippen LogP contribution >= 0.6 is 0 Å². The number of rotatable bonds is 10. The molecule has 1 aromatic heterocycles. The summed E-state index contributed by atoms with van der Waals surface area (Å²) in [6.45, 7) is 0. The van der Waals surface area contributed by atoms with Crippen LogP contribution in [0.5, 0.6) is 28.7 Å². The van der Waals surface area contributed by atoms with Crippen molar-refractivity contribution >= 4 is 11.9 Å². The summed E-state index contributed by atoms with van der Waals surface area (Å²) >= 11 is 0. The van der Waals surface area contributed by atoms with Gasteiger partial charge in [-0.2, -0.15) is 0 Å². The topological polar surface area (TPSA) is 101 Å². The third kappa shape index (κ3) is 5.12. The average Bonchev–Trinajstić information content (AvgIpc) is 3.35. The molecule has 1 heterocycles. The predicted molar refractivity (Wildman–Crippen MR) is 144 cm³/mol. The van der Waals surface area contributed by atoms with Gasteiger partial charge in [-0.05, 0) is 48.0 Å². The fraction of sp³-hybridized carbons (Fsp3) is 0.172. The molecule has 0 amide bonds. The van der Waals surface area contributed by atoms with Crippen LogP contribution in [0.15, 0.2) is 71.7 Å². The fourth-order valence-corrected chi connectivity index (χ4v) is 4.09. The van der Waals surface area contributed by atoms with E-state index in [-0.39, 0.29) is 11.5 Å². The summed E-state index contributed by atoms with van der Waals surface area (Å²) in [5, 5.41) is 0. The summed E-state index contributed by atoms with van der Waals surface area (Å²) in [5.41, 5.74) is 2.56. The van der Waals surface area contributed by atoms with Gasteiger partial charge in [0, 0.05) is 17.3 Å². The second kappa shape index (κ2) is 11.4. The number of carbonyl (C=O) groups is 1. The van der Waals surface area contributed by atoms with Crippen LogP contribution in [-0.4, -0.2) is 50.9 Å². The molecule has 0 radical (unpaired) electrons. The van der Waals surface area contributed by atoms with Gasteiger partial charge in [-0.25, -0.2) is 4.79 Å². The number of aromatic nitrogens is 2. The van der Waals surface area contributed by atoms with Gasteiger partial charge < -0.3 is 28.7 Å². The summed E-state index contributed by atoms with van der Waals surface area (Å²) < 4.78 is 28.4. The monoisotopic (exact) mass is 516 g/mol. The highest BCUT2D eigenvalue weighted by molar-refractivity contribution is 6.07. The molecule has 0 aliphatic heterocycles. The highest BCUT2D eigenvalue weighted by Crippen LogP contribution is 2.41. The van der Waals surface area contributed by atoms with Gasteiger partial charge in [0.05, 0.1) is 46.9 Å². The summed E-state index contributed by atoms with van der Waals surface area (Å²) in [4.78, 5) is 28.6. The minimum absolute atomic E-state index is 0.223. The third-order valence-corrected chi connectivity index (χ3v) is 5.96. The lowest BCUT2D eigenvalue weighted by Crippen LogP contribution is -2.16. The molecule has 4 aromatic rings. The number of hydrogen-bond acceptors (Lipinski definition) is 7. The van der Waals surface area contributed by atoms with E-state index in [1.807, 2.05) is 6.07 Å². The van der Waals surface area contributed by atoms with Crippen LogP contribution in [-0.2, 0) is 0 Å². The van der Waals surface area contributed by atoms with Crippen LogP contribution in [0, 0.1) is 0 Å². The second-order valence-electron chi connectivity index (χ2n) is 8.09. The van der Waals surface area contributed by atoms with Crippen LogP contribution in [0.1, 0.15) is 15.9 Å². The molecular formula is C29H28N2O7. The number of ether oxygens (including phenoxy) is 5. The molecule has 0 atom stereocenters. The number of methoxy groups -OCH3 is 5. The summed E-state index contributed by atoms with van der Waals surface area (Å²) in [7, 11) is 7.68. The van der Waals surface area contributed by atoms with Crippen LogP contribution < -0.4 is 29.4 Å². The summed E-state index contributed by atoms with van der Waals surface area (Å²) in [6.07, 6.45) is 4.76. The Labute approximate surface area is 219 Å². The molecule has 196 valence electrons. The molecule has 1 N–H and O–H groups in total. The number of aromatic amines is 1. The molecule has 0 saturated carbocycles. The SMILES string of the molecule is COc1ccc(C=CC(=O)c2cccc(-n3c(-c4cc(OC)c(OC)c(OC)c4)c[nH]c3=O)c2)cc1OC. The molecule has 3 aromatic carbocycles. The summed E-state index contributed by atoms with van der Waals surface area (Å²) in [6, 6.07) is 15.7. The van der Waals surface area contributed by atoms with Crippen molar-refractivity contribution < 1.29 is 28.5 Å². The van der Waals surface area contributed by atoms with E-state index in [0.29, 0.717) is 51.3 Å². The zero-order valence-electron chi connectivity index (χ0n) is 21.7. The molecule has 9 nitrogen and oxygen atoms in total. The van der Waals surface area contributed by atoms with Crippen molar-refractivity contribution in [3.05, 3.63) is 88.5 Å². The van der Waals surface area contributed by atoms with Gasteiger partial charge in [0.2, 0.25) is 5.75 Å². The Morgan fingerprint density at radius 3 is 2.11 bits per heavy atom. The maximum Gasteiger partial charge on any atom is 0.330 e. The van der Waals surface area contributed by atoms with Crippen LogP contribution in [0.2, 0.25) is 0 Å². The van der Waals surface area contributed by atoms with Crippen molar-refractivity contribution in [3.63, 3.8) is 0 Å². The Morgan fingerprint density at radius 2 is 1.47 bits per heavy atom. The molecule has 0 spiro atoms. The molecule has 0 fully saturated rings. The smallest absolute Gasteiger partial charge is 0.330 e. The highest BCUT2D eigenvalue weighted by Gasteiger charge is 2.18. The van der Waals surface area contributed by atoms with E-state index in [1.54, 1.807) is 75.0 Å². The zero-order valence-corrected chi connectivity index (χ0v) is 21.7. The minimum atomic E-state index is -0.362. The van der Waals surface area contributed by atoms with Crippen molar-refractivity contribution in [2.24, 2.45) is 0 Å². The van der Waals surface area contributed by atoms with Gasteiger partial charge >= 0.3 is 5.69 Å². The number of ketones is 1. The van der Waals surface area contributed by atoms with E-state index in [1.165, 1.54) is 32.0 Å². The van der Waals surface area contributed by atoms with Crippen molar-refractivity contribution in [1.82, 2.24) is 9.55 Å². The number of nitrogens with one attached hydrogen (secondary N) is 1. The highest BCUT2D eigenvalue weighted by atomic mass is 16.5. The van der Waals surface area contributed by atoms with Crippen LogP contribution in [0.3, 0.4) is 0 Å². The Morgan fingerprint density at radius 1 is 0.789 bits per heavy atom. The summed E-state index contributed by atoms with van der Waals surface area (Å²) in [5.74, 6) is 2.29. The lowest BCUT2D eigenvalue weighted by Gasteiger charge is -2.15. The Balaban J connectivity index is 1.69. The fourth-order valence-electron chi connectivity index (χ4n) is 4.09. The average molecular weight is 517 g/mol. The van der Waals surface area contributed by atoms with E-state index in [9.17, 15) is 9.59 Å². The van der Waals surface area contributed by atoms with E-state index in [0.717, 1.165) is 5.56 Å². The number of carbonyl (C=O) groups excluding carboxylic acids is 1. The lowest BCUT2D eigenvalue weighted by atomic mass is 10.1. The van der Waals surface area contributed by atoms with Crippen molar-refractivity contribution in [1.29, 1.82) is 0 Å². The molecule has 0 bridgehead atoms. The number of benzene rings is 3. The van der Waals surface area contributed by atoms with Gasteiger partial charge in [-0.3, -0.25) is 9.36 Å². The van der Waals surface area contributed by atoms with E-state index < -0.39 is 0 Å². The van der Waals surface area contributed by atoms with Crippen molar-refractivity contribution in [2.75, 3.05) is 35.5 Å². The van der Waals surface area contributed by atoms with Crippen LogP contribution in [0.25, 0.3) is 23.0 Å². The Hall–Kier alpha value is -4.92. The maximum absolute atomic E-state index is 13.0. The number of imidazole rings is 1. The number of hydrogen-bond donors (Lipinski definition) is 1. The zero-order chi connectivity index (χ0) is 27.2. The van der Waals surface area contributed by atoms with Gasteiger partial charge in [-0.1, -0.05) is 24.3 Å². The van der Waals surface area contributed by atoms with Gasteiger partial charge in [-0.15, -0.1) is 0 Å². The van der Waals surface area contributed by atoms with Crippen LogP contribution in [0.4, 0.5) is 0 Å². The molecule has 0 aliphatic rings. The van der Waals surface area contributed by atoms with Gasteiger partial charge in [0.15, 0.2) is 28.8 Å². The first-order chi connectivity index (χ1) is 18.4. The molecule has 9 heteroatoms. The largest absolute Gasteiger partial charge is 0.493 e. The molecule has 38 heavy (non-hydrogen) atoms. The normalized spacial score (nSPS) is 10.9. The Bertz CT molecular complexity index is 1520. The van der Waals surface area contributed by atoms with Gasteiger partial charge in [0.25, 0.3) is 0 Å². The first kappa shape index (κ1) is 26.2.